The minimum absolute atomic E-state index is 0.144. The molecule has 1 unspecified atom stereocenters. The fourth-order valence-electron chi connectivity index (χ4n) is 1.96. The van der Waals surface area contributed by atoms with Crippen LogP contribution in [0, 0.1) is 5.82 Å². The van der Waals surface area contributed by atoms with Crippen molar-refractivity contribution in [2.24, 2.45) is 0 Å². The number of halogens is 1. The summed E-state index contributed by atoms with van der Waals surface area (Å²) < 4.78 is 24.3. The Kier molecular flexibility index (Phi) is 5.17. The number of hydrogen-bond acceptors (Lipinski definition) is 3. The van der Waals surface area contributed by atoms with E-state index in [0.29, 0.717) is 23.5 Å². The normalized spacial score (nSPS) is 12.0. The summed E-state index contributed by atoms with van der Waals surface area (Å²) in [6.07, 6.45) is 0.204. The number of hydrogen-bond donors (Lipinski definition) is 1. The minimum atomic E-state index is -0.460. The molecule has 0 aromatic heterocycles. The molecule has 1 N–H and O–H groups in total. The number of ether oxygens (including phenoxy) is 2. The quantitative estimate of drug-likeness (QED) is 0.878. The molecule has 2 aromatic carbocycles. The predicted octanol–water partition coefficient (Wildman–Crippen LogP) is 3.86. The number of rotatable bonds is 6. The van der Waals surface area contributed by atoms with E-state index < -0.39 is 6.10 Å². The van der Waals surface area contributed by atoms with Crippen LogP contribution in [-0.2, 0) is 6.61 Å². The lowest BCUT2D eigenvalue weighted by Crippen LogP contribution is -2.00. The summed E-state index contributed by atoms with van der Waals surface area (Å²) >= 11 is 0. The molecule has 3 nitrogen and oxygen atoms in total. The molecule has 0 saturated carbocycles. The molecule has 1 atom stereocenters. The average molecular weight is 290 g/mol. The molecule has 0 aliphatic heterocycles. The van der Waals surface area contributed by atoms with E-state index in [9.17, 15) is 9.50 Å². The second-order valence-electron chi connectivity index (χ2n) is 4.74. The van der Waals surface area contributed by atoms with Crippen LogP contribution in [0.1, 0.15) is 30.6 Å². The van der Waals surface area contributed by atoms with Gasteiger partial charge in [0.15, 0.2) is 0 Å². The molecule has 2 aromatic rings. The number of methoxy groups -OCH3 is 1. The molecule has 0 fully saturated rings. The summed E-state index contributed by atoms with van der Waals surface area (Å²) in [6.45, 7) is 2.06. The Morgan fingerprint density at radius 2 is 1.76 bits per heavy atom. The van der Waals surface area contributed by atoms with Crippen molar-refractivity contribution in [3.63, 3.8) is 0 Å². The van der Waals surface area contributed by atoms with Gasteiger partial charge in [-0.2, -0.15) is 0 Å². The molecule has 21 heavy (non-hydrogen) atoms. The monoisotopic (exact) mass is 290 g/mol. The molecular weight excluding hydrogens is 271 g/mol. The summed E-state index contributed by atoms with van der Waals surface area (Å²) in [5.41, 5.74) is 1.31. The van der Waals surface area contributed by atoms with Crippen molar-refractivity contribution in [1.29, 1.82) is 0 Å². The Morgan fingerprint density at radius 1 is 1.10 bits per heavy atom. The largest absolute Gasteiger partial charge is 0.497 e. The van der Waals surface area contributed by atoms with Crippen LogP contribution in [0.3, 0.4) is 0 Å². The molecule has 2 rings (SSSR count). The van der Waals surface area contributed by atoms with Gasteiger partial charge < -0.3 is 14.6 Å². The Morgan fingerprint density at radius 3 is 2.33 bits per heavy atom. The highest BCUT2D eigenvalue weighted by atomic mass is 19.1. The SMILES string of the molecule is CCC(O)c1ccc(OCc2ccc(OC)cc2F)cc1. The van der Waals surface area contributed by atoms with Gasteiger partial charge in [-0.15, -0.1) is 0 Å². The van der Waals surface area contributed by atoms with E-state index in [0.717, 1.165) is 5.56 Å². The third kappa shape index (κ3) is 3.95. The number of aliphatic hydroxyl groups excluding tert-OH is 1. The van der Waals surface area contributed by atoms with E-state index in [2.05, 4.69) is 0 Å². The van der Waals surface area contributed by atoms with E-state index in [4.69, 9.17) is 9.47 Å². The van der Waals surface area contributed by atoms with E-state index >= 15 is 0 Å². The van der Waals surface area contributed by atoms with Crippen LogP contribution in [0.15, 0.2) is 42.5 Å². The van der Waals surface area contributed by atoms with Gasteiger partial charge in [0.25, 0.3) is 0 Å². The van der Waals surface area contributed by atoms with Crippen molar-refractivity contribution in [2.75, 3.05) is 7.11 Å². The zero-order valence-electron chi connectivity index (χ0n) is 12.2. The third-order valence-electron chi connectivity index (χ3n) is 3.31. The molecule has 0 bridgehead atoms. The predicted molar refractivity (Wildman–Crippen MR) is 79.0 cm³/mol. The lowest BCUT2D eigenvalue weighted by Gasteiger charge is -2.11. The lowest BCUT2D eigenvalue weighted by molar-refractivity contribution is 0.173. The Balaban J connectivity index is 1.99. The van der Waals surface area contributed by atoms with Gasteiger partial charge in [-0.25, -0.2) is 4.39 Å². The van der Waals surface area contributed by atoms with Gasteiger partial charge in [0.1, 0.15) is 23.9 Å². The Hall–Kier alpha value is -2.07. The summed E-state index contributed by atoms with van der Waals surface area (Å²) in [4.78, 5) is 0. The molecule has 0 aliphatic carbocycles. The van der Waals surface area contributed by atoms with Gasteiger partial charge in [-0.05, 0) is 36.2 Å². The maximum atomic E-state index is 13.8. The van der Waals surface area contributed by atoms with E-state index in [-0.39, 0.29) is 12.4 Å². The van der Waals surface area contributed by atoms with Gasteiger partial charge in [-0.3, -0.25) is 0 Å². The van der Waals surface area contributed by atoms with E-state index in [1.807, 2.05) is 19.1 Å². The Bertz CT molecular complexity index is 581. The van der Waals surface area contributed by atoms with Crippen LogP contribution >= 0.6 is 0 Å². The van der Waals surface area contributed by atoms with E-state index in [1.165, 1.54) is 13.2 Å². The molecule has 0 spiro atoms. The second-order valence-corrected chi connectivity index (χ2v) is 4.74. The van der Waals surface area contributed by atoms with Crippen molar-refractivity contribution in [2.45, 2.75) is 26.1 Å². The fourth-order valence-corrected chi connectivity index (χ4v) is 1.96. The van der Waals surface area contributed by atoms with Crippen LogP contribution in [0.4, 0.5) is 4.39 Å². The van der Waals surface area contributed by atoms with Gasteiger partial charge in [0.05, 0.1) is 13.2 Å². The maximum absolute atomic E-state index is 13.8. The van der Waals surface area contributed by atoms with Crippen molar-refractivity contribution < 1.29 is 19.0 Å². The first-order chi connectivity index (χ1) is 10.1. The summed E-state index contributed by atoms with van der Waals surface area (Å²) in [5, 5.41) is 9.71. The first-order valence-corrected chi connectivity index (χ1v) is 6.87. The van der Waals surface area contributed by atoms with E-state index in [1.54, 1.807) is 24.3 Å². The van der Waals surface area contributed by atoms with Crippen LogP contribution in [0.25, 0.3) is 0 Å². The molecule has 112 valence electrons. The van der Waals surface area contributed by atoms with Crippen LogP contribution in [0.5, 0.6) is 11.5 Å². The first kappa shape index (κ1) is 15.3. The van der Waals surface area contributed by atoms with Crippen LogP contribution in [-0.4, -0.2) is 12.2 Å². The maximum Gasteiger partial charge on any atom is 0.133 e. The lowest BCUT2D eigenvalue weighted by atomic mass is 10.1. The highest BCUT2D eigenvalue weighted by Crippen LogP contribution is 2.22. The average Bonchev–Trinajstić information content (AvgIpc) is 2.53. The van der Waals surface area contributed by atoms with Crippen molar-refractivity contribution in [1.82, 2.24) is 0 Å². The smallest absolute Gasteiger partial charge is 0.133 e. The van der Waals surface area contributed by atoms with Gasteiger partial charge in [-0.1, -0.05) is 19.1 Å². The molecule has 4 heteroatoms. The molecule has 0 aliphatic rings. The van der Waals surface area contributed by atoms with Crippen molar-refractivity contribution >= 4 is 0 Å². The number of aliphatic hydroxyl groups is 1. The highest BCUT2D eigenvalue weighted by molar-refractivity contribution is 5.31. The first-order valence-electron chi connectivity index (χ1n) is 6.87. The van der Waals surface area contributed by atoms with Gasteiger partial charge in [0.2, 0.25) is 0 Å². The zero-order valence-corrected chi connectivity index (χ0v) is 12.2. The number of benzene rings is 2. The summed E-state index contributed by atoms with van der Waals surface area (Å²) in [6, 6.07) is 11.8. The molecule has 0 amide bonds. The second kappa shape index (κ2) is 7.09. The van der Waals surface area contributed by atoms with Gasteiger partial charge in [0, 0.05) is 11.6 Å². The summed E-state index contributed by atoms with van der Waals surface area (Å²) in [7, 11) is 1.50. The van der Waals surface area contributed by atoms with Crippen molar-refractivity contribution in [3.05, 3.63) is 59.4 Å². The molecule has 0 heterocycles. The fraction of sp³-hybridized carbons (Fsp3) is 0.294. The molecular formula is C17H19FO3. The van der Waals surface area contributed by atoms with Gasteiger partial charge >= 0.3 is 0 Å². The summed E-state index contributed by atoms with van der Waals surface area (Å²) in [5.74, 6) is 0.763. The van der Waals surface area contributed by atoms with Crippen LogP contribution < -0.4 is 9.47 Å². The highest BCUT2D eigenvalue weighted by Gasteiger charge is 2.07. The third-order valence-corrected chi connectivity index (χ3v) is 3.31. The van der Waals surface area contributed by atoms with Crippen molar-refractivity contribution in [3.8, 4) is 11.5 Å². The molecule has 0 saturated heterocycles. The van der Waals surface area contributed by atoms with Crippen LogP contribution in [0.2, 0.25) is 0 Å². The zero-order chi connectivity index (χ0) is 15.2. The topological polar surface area (TPSA) is 38.7 Å². The Labute approximate surface area is 124 Å². The molecule has 0 radical (unpaired) electrons. The standard InChI is InChI=1S/C17H19FO3/c1-3-17(19)12-4-7-14(8-5-12)21-11-13-6-9-15(20-2)10-16(13)18/h4-10,17,19H,3,11H2,1-2H3. The minimum Gasteiger partial charge on any atom is -0.497 e.